The van der Waals surface area contributed by atoms with E-state index in [2.05, 4.69) is 5.10 Å². The summed E-state index contributed by atoms with van der Waals surface area (Å²) in [6.07, 6.45) is 2.74. The van der Waals surface area contributed by atoms with Crippen molar-refractivity contribution >= 4 is 5.78 Å². The maximum absolute atomic E-state index is 13.0. The van der Waals surface area contributed by atoms with Gasteiger partial charge in [-0.05, 0) is 30.2 Å². The fourth-order valence-electron chi connectivity index (χ4n) is 1.88. The van der Waals surface area contributed by atoms with Crippen LogP contribution in [0.25, 0.3) is 0 Å². The molecule has 1 aromatic carbocycles. The number of hydrogen-bond donors (Lipinski definition) is 0. The third-order valence-corrected chi connectivity index (χ3v) is 2.69. The van der Waals surface area contributed by atoms with Crippen LogP contribution in [0, 0.1) is 5.82 Å². The van der Waals surface area contributed by atoms with Crippen LogP contribution in [0.4, 0.5) is 4.39 Å². The fraction of sp³-hybridized carbons (Fsp3) is 0.286. The van der Waals surface area contributed by atoms with Crippen molar-refractivity contribution in [1.82, 2.24) is 9.78 Å². The van der Waals surface area contributed by atoms with Crippen molar-refractivity contribution < 1.29 is 9.18 Å². The zero-order valence-electron chi connectivity index (χ0n) is 10.3. The molecule has 0 saturated carbocycles. The van der Waals surface area contributed by atoms with E-state index in [1.807, 2.05) is 6.92 Å². The van der Waals surface area contributed by atoms with Gasteiger partial charge in [0.15, 0.2) is 5.78 Å². The Balaban J connectivity index is 2.14. The third kappa shape index (κ3) is 2.83. The van der Waals surface area contributed by atoms with E-state index in [0.717, 1.165) is 13.0 Å². The molecule has 0 amide bonds. The molecule has 0 bridgehead atoms. The van der Waals surface area contributed by atoms with Gasteiger partial charge in [-0.2, -0.15) is 5.10 Å². The molecule has 0 spiro atoms. The van der Waals surface area contributed by atoms with E-state index in [0.29, 0.717) is 11.3 Å². The summed E-state index contributed by atoms with van der Waals surface area (Å²) in [6.45, 7) is 2.75. The van der Waals surface area contributed by atoms with Gasteiger partial charge in [0.05, 0.1) is 0 Å². The van der Waals surface area contributed by atoms with E-state index in [-0.39, 0.29) is 18.0 Å². The third-order valence-electron chi connectivity index (χ3n) is 2.69. The molecule has 0 aliphatic heterocycles. The van der Waals surface area contributed by atoms with Crippen LogP contribution < -0.4 is 0 Å². The van der Waals surface area contributed by atoms with E-state index in [1.54, 1.807) is 29.1 Å². The molecule has 0 unspecified atom stereocenters. The first-order valence-electron chi connectivity index (χ1n) is 6.00. The average molecular weight is 246 g/mol. The Morgan fingerprint density at radius 1 is 1.39 bits per heavy atom. The van der Waals surface area contributed by atoms with Crippen LogP contribution in [0.2, 0.25) is 0 Å². The van der Waals surface area contributed by atoms with Gasteiger partial charge in [0.25, 0.3) is 0 Å². The summed E-state index contributed by atoms with van der Waals surface area (Å²) in [7, 11) is 0. The summed E-state index contributed by atoms with van der Waals surface area (Å²) in [5.74, 6) is -0.353. The number of rotatable bonds is 5. The van der Waals surface area contributed by atoms with Crippen molar-refractivity contribution in [2.24, 2.45) is 0 Å². The second-order valence-electron chi connectivity index (χ2n) is 4.17. The number of benzene rings is 1. The van der Waals surface area contributed by atoms with E-state index in [4.69, 9.17) is 0 Å². The van der Waals surface area contributed by atoms with Crippen LogP contribution in [0.15, 0.2) is 36.5 Å². The molecular weight excluding hydrogens is 231 g/mol. The summed E-state index contributed by atoms with van der Waals surface area (Å²) in [4.78, 5) is 12.1. The molecule has 0 aliphatic carbocycles. The molecule has 0 aliphatic rings. The minimum Gasteiger partial charge on any atom is -0.292 e. The summed E-state index contributed by atoms with van der Waals surface area (Å²) in [5.41, 5.74) is 1.27. The molecule has 0 radical (unpaired) electrons. The number of aromatic nitrogens is 2. The van der Waals surface area contributed by atoms with Gasteiger partial charge in [0.2, 0.25) is 0 Å². The SMILES string of the molecule is CCCn1nccc1C(=O)Cc1cccc(F)c1. The largest absolute Gasteiger partial charge is 0.292 e. The Bertz CT molecular complexity index is 548. The van der Waals surface area contributed by atoms with E-state index in [9.17, 15) is 9.18 Å². The van der Waals surface area contributed by atoms with E-state index >= 15 is 0 Å². The molecule has 4 heteroatoms. The summed E-state index contributed by atoms with van der Waals surface area (Å²) < 4.78 is 14.7. The van der Waals surface area contributed by atoms with Crippen molar-refractivity contribution in [3.05, 3.63) is 53.6 Å². The minimum absolute atomic E-state index is 0.0356. The van der Waals surface area contributed by atoms with Gasteiger partial charge in [0, 0.05) is 19.2 Å². The summed E-state index contributed by atoms with van der Waals surface area (Å²) in [6, 6.07) is 7.83. The van der Waals surface area contributed by atoms with Crippen molar-refractivity contribution in [2.75, 3.05) is 0 Å². The summed E-state index contributed by atoms with van der Waals surface area (Å²) >= 11 is 0. The highest BCUT2D eigenvalue weighted by Gasteiger charge is 2.12. The first-order valence-corrected chi connectivity index (χ1v) is 6.00. The topological polar surface area (TPSA) is 34.9 Å². The van der Waals surface area contributed by atoms with Gasteiger partial charge in [-0.3, -0.25) is 9.48 Å². The lowest BCUT2D eigenvalue weighted by atomic mass is 10.1. The van der Waals surface area contributed by atoms with E-state index in [1.165, 1.54) is 12.1 Å². The summed E-state index contributed by atoms with van der Waals surface area (Å²) in [5, 5.41) is 4.11. The van der Waals surface area contributed by atoms with Crippen molar-refractivity contribution in [2.45, 2.75) is 26.3 Å². The zero-order valence-corrected chi connectivity index (χ0v) is 10.3. The fourth-order valence-corrected chi connectivity index (χ4v) is 1.88. The molecule has 2 rings (SSSR count). The molecule has 2 aromatic rings. The molecule has 1 heterocycles. The van der Waals surface area contributed by atoms with Crippen molar-refractivity contribution in [3.8, 4) is 0 Å². The number of aryl methyl sites for hydroxylation is 1. The predicted octanol–water partition coefficient (Wildman–Crippen LogP) is 2.86. The van der Waals surface area contributed by atoms with Gasteiger partial charge >= 0.3 is 0 Å². The van der Waals surface area contributed by atoms with Gasteiger partial charge < -0.3 is 0 Å². The van der Waals surface area contributed by atoms with E-state index < -0.39 is 0 Å². The van der Waals surface area contributed by atoms with Crippen LogP contribution in [0.1, 0.15) is 29.4 Å². The van der Waals surface area contributed by atoms with Gasteiger partial charge in [-0.15, -0.1) is 0 Å². The maximum Gasteiger partial charge on any atom is 0.185 e. The zero-order chi connectivity index (χ0) is 13.0. The van der Waals surface area contributed by atoms with Crippen LogP contribution in [-0.2, 0) is 13.0 Å². The molecule has 3 nitrogen and oxygen atoms in total. The lowest BCUT2D eigenvalue weighted by Crippen LogP contribution is -2.12. The number of carbonyl (C=O) groups is 1. The Morgan fingerprint density at radius 2 is 2.22 bits per heavy atom. The van der Waals surface area contributed by atoms with Gasteiger partial charge in [0.1, 0.15) is 11.5 Å². The number of hydrogen-bond acceptors (Lipinski definition) is 2. The van der Waals surface area contributed by atoms with Crippen LogP contribution in [-0.4, -0.2) is 15.6 Å². The Hall–Kier alpha value is -1.97. The molecule has 94 valence electrons. The van der Waals surface area contributed by atoms with Gasteiger partial charge in [-0.25, -0.2) is 4.39 Å². The number of carbonyl (C=O) groups excluding carboxylic acids is 1. The second-order valence-corrected chi connectivity index (χ2v) is 4.17. The molecule has 0 fully saturated rings. The maximum atomic E-state index is 13.0. The Kier molecular flexibility index (Phi) is 3.87. The average Bonchev–Trinajstić information content (AvgIpc) is 2.78. The van der Waals surface area contributed by atoms with Gasteiger partial charge in [-0.1, -0.05) is 19.1 Å². The lowest BCUT2D eigenvalue weighted by Gasteiger charge is -2.05. The first kappa shape index (κ1) is 12.5. The second kappa shape index (κ2) is 5.58. The Labute approximate surface area is 105 Å². The Morgan fingerprint density at radius 3 is 2.94 bits per heavy atom. The van der Waals surface area contributed by atoms with Crippen molar-refractivity contribution in [1.29, 1.82) is 0 Å². The lowest BCUT2D eigenvalue weighted by molar-refractivity contribution is 0.0982. The molecule has 0 atom stereocenters. The van der Waals surface area contributed by atoms with Crippen molar-refractivity contribution in [3.63, 3.8) is 0 Å². The van der Waals surface area contributed by atoms with Crippen LogP contribution in [0.3, 0.4) is 0 Å². The standard InChI is InChI=1S/C14H15FN2O/c1-2-8-17-13(6-7-16-17)14(18)10-11-4-3-5-12(15)9-11/h3-7,9H,2,8,10H2,1H3. The number of ketones is 1. The highest BCUT2D eigenvalue weighted by atomic mass is 19.1. The quantitative estimate of drug-likeness (QED) is 0.760. The monoisotopic (exact) mass is 246 g/mol. The first-order chi connectivity index (χ1) is 8.70. The van der Waals surface area contributed by atoms with Crippen LogP contribution >= 0.6 is 0 Å². The number of halogens is 1. The smallest absolute Gasteiger partial charge is 0.185 e. The predicted molar refractivity (Wildman–Crippen MR) is 67.0 cm³/mol. The molecule has 0 N–H and O–H groups in total. The molecular formula is C14H15FN2O. The number of Topliss-reactive ketones (excluding diaryl/α,β-unsaturated/α-hetero) is 1. The highest BCUT2D eigenvalue weighted by Crippen LogP contribution is 2.09. The van der Waals surface area contributed by atoms with Crippen LogP contribution in [0.5, 0.6) is 0 Å². The molecule has 18 heavy (non-hydrogen) atoms. The normalized spacial score (nSPS) is 10.6. The number of nitrogens with zero attached hydrogens (tertiary/aromatic N) is 2. The highest BCUT2D eigenvalue weighted by molar-refractivity contribution is 5.95. The minimum atomic E-state index is -0.317. The molecule has 1 aromatic heterocycles. The molecule has 0 saturated heterocycles.